The number of hydrogen-bond donors (Lipinski definition) is 2. The van der Waals surface area contributed by atoms with E-state index >= 15 is 0 Å². The lowest BCUT2D eigenvalue weighted by molar-refractivity contribution is -0.126. The second-order valence-corrected chi connectivity index (χ2v) is 4.95. The Morgan fingerprint density at radius 1 is 1.57 bits per heavy atom. The van der Waals surface area contributed by atoms with E-state index in [0.717, 1.165) is 0 Å². The van der Waals surface area contributed by atoms with Crippen molar-refractivity contribution in [2.24, 2.45) is 5.92 Å². The summed E-state index contributed by atoms with van der Waals surface area (Å²) in [6, 6.07) is 4.42. The molecule has 2 unspecified atom stereocenters. The van der Waals surface area contributed by atoms with E-state index in [9.17, 15) is 9.18 Å². The molecular weight excluding hydrogens is 273 g/mol. The molecule has 2 N–H and O–H groups in total. The fourth-order valence-corrected chi connectivity index (χ4v) is 2.32. The normalized spacial score (nSPS) is 20.7. The standard InChI is InChI=1S/C16H18FNO3/c1-11-14(6-8-21-11)16(20)18-10-13-9-12(3-2-7-19)4-5-15(13)17/h4-5,9,11,14,19H,6-8,10H2,1H3,(H,18,20). The molecule has 1 aliphatic rings. The minimum Gasteiger partial charge on any atom is -0.384 e. The first kappa shape index (κ1) is 15.5. The van der Waals surface area contributed by atoms with Gasteiger partial charge in [0.15, 0.2) is 0 Å². The van der Waals surface area contributed by atoms with Crippen molar-refractivity contribution in [2.75, 3.05) is 13.2 Å². The lowest BCUT2D eigenvalue weighted by atomic mass is 10.0. The molecule has 1 heterocycles. The molecule has 1 fully saturated rings. The Bertz CT molecular complexity index is 577. The third-order valence-corrected chi connectivity index (χ3v) is 3.52. The second kappa shape index (κ2) is 7.21. The first-order valence-electron chi connectivity index (χ1n) is 6.89. The summed E-state index contributed by atoms with van der Waals surface area (Å²) in [6.45, 7) is 2.31. The van der Waals surface area contributed by atoms with Crippen molar-refractivity contribution in [1.82, 2.24) is 5.32 Å². The highest BCUT2D eigenvalue weighted by atomic mass is 19.1. The zero-order valence-corrected chi connectivity index (χ0v) is 11.9. The fraction of sp³-hybridized carbons (Fsp3) is 0.438. The van der Waals surface area contributed by atoms with Gasteiger partial charge >= 0.3 is 0 Å². The van der Waals surface area contributed by atoms with Crippen LogP contribution in [0.3, 0.4) is 0 Å². The van der Waals surface area contributed by atoms with Gasteiger partial charge in [0.2, 0.25) is 5.91 Å². The predicted octanol–water partition coefficient (Wildman–Crippen LogP) is 1.21. The number of nitrogens with one attached hydrogen (secondary N) is 1. The molecule has 0 spiro atoms. The molecule has 1 aromatic rings. The first-order chi connectivity index (χ1) is 10.1. The maximum Gasteiger partial charge on any atom is 0.226 e. The topological polar surface area (TPSA) is 58.6 Å². The number of carbonyl (C=O) groups is 1. The van der Waals surface area contributed by atoms with E-state index in [1.165, 1.54) is 12.1 Å². The molecular formula is C16H18FNO3. The van der Waals surface area contributed by atoms with Crippen LogP contribution in [0.2, 0.25) is 0 Å². The zero-order chi connectivity index (χ0) is 15.2. The highest BCUT2D eigenvalue weighted by molar-refractivity contribution is 5.79. The largest absolute Gasteiger partial charge is 0.384 e. The Balaban J connectivity index is 2.00. The van der Waals surface area contributed by atoms with E-state index < -0.39 is 0 Å². The molecule has 2 atom stereocenters. The molecule has 1 aromatic carbocycles. The molecule has 0 bridgehead atoms. The number of aliphatic hydroxyl groups is 1. The molecule has 4 nitrogen and oxygen atoms in total. The summed E-state index contributed by atoms with van der Waals surface area (Å²) in [4.78, 5) is 12.0. The minimum absolute atomic E-state index is 0.100. The van der Waals surface area contributed by atoms with Gasteiger partial charge in [0.25, 0.3) is 0 Å². The third kappa shape index (κ3) is 4.03. The Morgan fingerprint density at radius 3 is 3.05 bits per heavy atom. The maximum absolute atomic E-state index is 13.7. The van der Waals surface area contributed by atoms with Gasteiger partial charge in [-0.25, -0.2) is 4.39 Å². The van der Waals surface area contributed by atoms with Crippen LogP contribution < -0.4 is 5.32 Å². The van der Waals surface area contributed by atoms with Gasteiger partial charge in [0.1, 0.15) is 12.4 Å². The molecule has 0 radical (unpaired) electrons. The van der Waals surface area contributed by atoms with Crippen LogP contribution >= 0.6 is 0 Å². The van der Waals surface area contributed by atoms with Gasteiger partial charge in [-0.3, -0.25) is 4.79 Å². The fourth-order valence-electron chi connectivity index (χ4n) is 2.32. The van der Waals surface area contributed by atoms with Crippen molar-refractivity contribution in [3.63, 3.8) is 0 Å². The quantitative estimate of drug-likeness (QED) is 0.823. The molecule has 0 aromatic heterocycles. The summed E-state index contributed by atoms with van der Waals surface area (Å²) >= 11 is 0. The Kier molecular flexibility index (Phi) is 5.32. The number of halogens is 1. The predicted molar refractivity (Wildman–Crippen MR) is 75.7 cm³/mol. The Hall–Kier alpha value is -1.90. The summed E-state index contributed by atoms with van der Waals surface area (Å²) in [7, 11) is 0. The Labute approximate surface area is 123 Å². The van der Waals surface area contributed by atoms with Crippen molar-refractivity contribution >= 4 is 5.91 Å². The molecule has 5 heteroatoms. The summed E-state index contributed by atoms with van der Waals surface area (Å²) in [5.41, 5.74) is 0.979. The van der Waals surface area contributed by atoms with Crippen LogP contribution in [0, 0.1) is 23.6 Å². The molecule has 2 rings (SSSR count). The molecule has 0 aliphatic carbocycles. The van der Waals surface area contributed by atoms with E-state index in [1.807, 2.05) is 6.92 Å². The lowest BCUT2D eigenvalue weighted by Crippen LogP contribution is -2.33. The lowest BCUT2D eigenvalue weighted by Gasteiger charge is -2.14. The van der Waals surface area contributed by atoms with E-state index in [1.54, 1.807) is 6.07 Å². The molecule has 112 valence electrons. The van der Waals surface area contributed by atoms with Gasteiger partial charge in [-0.15, -0.1) is 0 Å². The van der Waals surface area contributed by atoms with Crippen molar-refractivity contribution in [3.8, 4) is 11.8 Å². The average molecular weight is 291 g/mol. The van der Waals surface area contributed by atoms with E-state index in [-0.39, 0.29) is 36.9 Å². The molecule has 1 amide bonds. The van der Waals surface area contributed by atoms with Gasteiger partial charge in [0, 0.05) is 24.3 Å². The highest BCUT2D eigenvalue weighted by Crippen LogP contribution is 2.20. The van der Waals surface area contributed by atoms with Gasteiger partial charge in [-0.1, -0.05) is 11.8 Å². The number of rotatable bonds is 3. The number of hydrogen-bond acceptors (Lipinski definition) is 3. The number of carbonyl (C=O) groups excluding carboxylic acids is 1. The average Bonchev–Trinajstić information content (AvgIpc) is 2.91. The van der Waals surface area contributed by atoms with Crippen molar-refractivity contribution < 1.29 is 19.0 Å². The van der Waals surface area contributed by atoms with Crippen LogP contribution in [-0.2, 0) is 16.1 Å². The SMILES string of the molecule is CC1OCCC1C(=O)NCc1cc(C#CCO)ccc1F. The van der Waals surface area contributed by atoms with E-state index in [2.05, 4.69) is 17.2 Å². The Morgan fingerprint density at radius 2 is 2.38 bits per heavy atom. The molecule has 1 saturated heterocycles. The summed E-state index contributed by atoms with van der Waals surface area (Å²) in [5.74, 6) is 4.54. The molecule has 21 heavy (non-hydrogen) atoms. The summed E-state index contributed by atoms with van der Waals surface area (Å²) < 4.78 is 19.1. The van der Waals surface area contributed by atoms with Gasteiger partial charge in [-0.05, 0) is 31.5 Å². The zero-order valence-electron chi connectivity index (χ0n) is 11.9. The smallest absolute Gasteiger partial charge is 0.226 e. The van der Waals surface area contributed by atoms with Crippen LogP contribution in [0.4, 0.5) is 4.39 Å². The van der Waals surface area contributed by atoms with Crippen LogP contribution in [0.1, 0.15) is 24.5 Å². The highest BCUT2D eigenvalue weighted by Gasteiger charge is 2.30. The number of amides is 1. The van der Waals surface area contributed by atoms with E-state index in [0.29, 0.717) is 24.2 Å². The van der Waals surface area contributed by atoms with Crippen LogP contribution in [0.15, 0.2) is 18.2 Å². The first-order valence-corrected chi connectivity index (χ1v) is 6.89. The third-order valence-electron chi connectivity index (χ3n) is 3.52. The van der Waals surface area contributed by atoms with Gasteiger partial charge in [0.05, 0.1) is 12.0 Å². The number of aliphatic hydroxyl groups excluding tert-OH is 1. The van der Waals surface area contributed by atoms with E-state index in [4.69, 9.17) is 9.84 Å². The van der Waals surface area contributed by atoms with Crippen LogP contribution in [0.25, 0.3) is 0 Å². The monoisotopic (exact) mass is 291 g/mol. The molecule has 0 saturated carbocycles. The summed E-state index contributed by atoms with van der Waals surface area (Å²) in [6.07, 6.45) is 0.592. The van der Waals surface area contributed by atoms with Crippen molar-refractivity contribution in [2.45, 2.75) is 26.0 Å². The van der Waals surface area contributed by atoms with Crippen molar-refractivity contribution in [3.05, 3.63) is 35.1 Å². The van der Waals surface area contributed by atoms with Crippen molar-refractivity contribution in [1.29, 1.82) is 0 Å². The van der Waals surface area contributed by atoms with Gasteiger partial charge < -0.3 is 15.2 Å². The van der Waals surface area contributed by atoms with Gasteiger partial charge in [-0.2, -0.15) is 0 Å². The summed E-state index contributed by atoms with van der Waals surface area (Å²) in [5, 5.41) is 11.4. The van der Waals surface area contributed by atoms with Crippen LogP contribution in [-0.4, -0.2) is 30.3 Å². The van der Waals surface area contributed by atoms with Crippen LogP contribution in [0.5, 0.6) is 0 Å². The maximum atomic E-state index is 13.7. The number of benzene rings is 1. The minimum atomic E-state index is -0.388. The molecule has 1 aliphatic heterocycles. The second-order valence-electron chi connectivity index (χ2n) is 4.95. The number of ether oxygens (including phenoxy) is 1.